The zero-order chi connectivity index (χ0) is 13.7. The lowest BCUT2D eigenvalue weighted by molar-refractivity contribution is 0.0749. The van der Waals surface area contributed by atoms with Crippen LogP contribution in [0.25, 0.3) is 0 Å². The van der Waals surface area contributed by atoms with Gasteiger partial charge in [0.05, 0.1) is 11.2 Å². The molecule has 0 saturated carbocycles. The minimum absolute atomic E-state index is 0.0654. The first kappa shape index (κ1) is 14.5. The quantitative estimate of drug-likeness (QED) is 0.825. The molecule has 18 heavy (non-hydrogen) atoms. The number of hydrogen-bond acceptors (Lipinski definition) is 3. The minimum Gasteiger partial charge on any atom is -0.393 e. The summed E-state index contributed by atoms with van der Waals surface area (Å²) in [7, 11) is 0. The van der Waals surface area contributed by atoms with Crippen molar-refractivity contribution in [3.63, 3.8) is 0 Å². The van der Waals surface area contributed by atoms with Crippen LogP contribution >= 0.6 is 12.2 Å². The molecule has 0 aromatic carbocycles. The Balaban J connectivity index is 2.79. The Hall–Kier alpha value is -1.56. The van der Waals surface area contributed by atoms with Gasteiger partial charge in [-0.3, -0.25) is 4.79 Å². The molecule has 6 heteroatoms. The van der Waals surface area contributed by atoms with E-state index in [9.17, 15) is 9.18 Å². The molecule has 0 aliphatic heterocycles. The number of aromatic nitrogens is 1. The zero-order valence-electron chi connectivity index (χ0n) is 10.4. The third-order valence-electron chi connectivity index (χ3n) is 2.60. The van der Waals surface area contributed by atoms with Crippen LogP contribution in [0.2, 0.25) is 0 Å². The van der Waals surface area contributed by atoms with Crippen LogP contribution in [-0.4, -0.2) is 33.9 Å². The van der Waals surface area contributed by atoms with Gasteiger partial charge in [0.25, 0.3) is 5.91 Å². The van der Waals surface area contributed by atoms with E-state index in [-0.39, 0.29) is 17.5 Å². The number of nitrogens with zero attached hydrogens (tertiary/aromatic N) is 2. The van der Waals surface area contributed by atoms with E-state index in [0.29, 0.717) is 18.1 Å². The number of rotatable bonds is 5. The van der Waals surface area contributed by atoms with Crippen LogP contribution in [0.3, 0.4) is 0 Å². The third kappa shape index (κ3) is 3.73. The van der Waals surface area contributed by atoms with E-state index < -0.39 is 5.82 Å². The van der Waals surface area contributed by atoms with Gasteiger partial charge in [-0.25, -0.2) is 9.37 Å². The summed E-state index contributed by atoms with van der Waals surface area (Å²) in [5.41, 5.74) is 5.74. The maximum atomic E-state index is 12.7. The Labute approximate surface area is 111 Å². The Morgan fingerprint density at radius 2 is 2.28 bits per heavy atom. The fourth-order valence-corrected chi connectivity index (χ4v) is 1.52. The van der Waals surface area contributed by atoms with Gasteiger partial charge in [-0.15, -0.1) is 0 Å². The molecule has 0 saturated heterocycles. The highest BCUT2D eigenvalue weighted by molar-refractivity contribution is 7.80. The van der Waals surface area contributed by atoms with Crippen LogP contribution in [0, 0.1) is 11.7 Å². The van der Waals surface area contributed by atoms with Crippen molar-refractivity contribution in [2.75, 3.05) is 13.1 Å². The van der Waals surface area contributed by atoms with Gasteiger partial charge in [-0.05, 0) is 19.1 Å². The van der Waals surface area contributed by atoms with E-state index >= 15 is 0 Å². The van der Waals surface area contributed by atoms with Gasteiger partial charge >= 0.3 is 0 Å². The highest BCUT2D eigenvalue weighted by Gasteiger charge is 2.18. The SMILES string of the molecule is CCN(CC(C)C(N)=S)C(=O)c1ccc(F)cn1. The lowest BCUT2D eigenvalue weighted by atomic mass is 10.1. The number of halogens is 1. The molecule has 0 aliphatic rings. The average Bonchev–Trinajstić information content (AvgIpc) is 2.35. The second-order valence-electron chi connectivity index (χ2n) is 4.01. The molecule has 4 nitrogen and oxygen atoms in total. The van der Waals surface area contributed by atoms with Gasteiger partial charge in [-0.2, -0.15) is 0 Å². The zero-order valence-corrected chi connectivity index (χ0v) is 11.2. The maximum Gasteiger partial charge on any atom is 0.272 e. The Morgan fingerprint density at radius 3 is 2.72 bits per heavy atom. The predicted octanol–water partition coefficient (Wildman–Crippen LogP) is 1.61. The van der Waals surface area contributed by atoms with Crippen LogP contribution in [0.5, 0.6) is 0 Å². The first-order valence-corrected chi connectivity index (χ1v) is 6.06. The Morgan fingerprint density at radius 1 is 1.61 bits per heavy atom. The molecule has 1 aromatic heterocycles. The van der Waals surface area contributed by atoms with E-state index in [1.807, 2.05) is 13.8 Å². The summed E-state index contributed by atoms with van der Waals surface area (Å²) < 4.78 is 12.7. The Kier molecular flexibility index (Phi) is 5.15. The van der Waals surface area contributed by atoms with Crippen molar-refractivity contribution in [3.8, 4) is 0 Å². The fourth-order valence-electron chi connectivity index (χ4n) is 1.44. The van der Waals surface area contributed by atoms with Crippen LogP contribution in [0.15, 0.2) is 18.3 Å². The monoisotopic (exact) mass is 269 g/mol. The standard InChI is InChI=1S/C12H16FN3OS/c1-3-16(7-8(2)11(14)18)12(17)10-5-4-9(13)6-15-10/h4-6,8H,3,7H2,1-2H3,(H2,14,18). The minimum atomic E-state index is -0.467. The van der Waals surface area contributed by atoms with E-state index in [4.69, 9.17) is 18.0 Å². The molecule has 98 valence electrons. The van der Waals surface area contributed by atoms with Crippen LogP contribution in [-0.2, 0) is 0 Å². The summed E-state index contributed by atoms with van der Waals surface area (Å²) >= 11 is 4.88. The number of hydrogen-bond donors (Lipinski definition) is 1. The summed E-state index contributed by atoms with van der Waals surface area (Å²) in [6.45, 7) is 4.67. The number of pyridine rings is 1. The summed E-state index contributed by atoms with van der Waals surface area (Å²) in [5.74, 6) is -0.781. The predicted molar refractivity (Wildman–Crippen MR) is 71.7 cm³/mol. The molecule has 1 unspecified atom stereocenters. The number of carbonyl (C=O) groups excluding carboxylic acids is 1. The molecule has 1 aromatic rings. The third-order valence-corrected chi connectivity index (χ3v) is 3.00. The molecule has 0 spiro atoms. The maximum absolute atomic E-state index is 12.7. The molecule has 1 rings (SSSR count). The molecule has 1 amide bonds. The smallest absolute Gasteiger partial charge is 0.272 e. The lowest BCUT2D eigenvalue weighted by Crippen LogP contribution is -2.38. The molecule has 1 heterocycles. The first-order valence-electron chi connectivity index (χ1n) is 5.65. The topological polar surface area (TPSA) is 59.2 Å². The normalized spacial score (nSPS) is 11.9. The van der Waals surface area contributed by atoms with Gasteiger partial charge in [0.15, 0.2) is 0 Å². The molecule has 0 fully saturated rings. The fraction of sp³-hybridized carbons (Fsp3) is 0.417. The van der Waals surface area contributed by atoms with Gasteiger partial charge in [-0.1, -0.05) is 19.1 Å². The molecule has 1 atom stereocenters. The molecule has 0 aliphatic carbocycles. The molecular formula is C12H16FN3OS. The summed E-state index contributed by atoms with van der Waals surface area (Å²) in [6, 6.07) is 2.58. The van der Waals surface area contributed by atoms with E-state index in [0.717, 1.165) is 6.20 Å². The van der Waals surface area contributed by atoms with E-state index in [1.165, 1.54) is 12.1 Å². The number of amides is 1. The van der Waals surface area contributed by atoms with Crippen LogP contribution < -0.4 is 5.73 Å². The molecule has 0 bridgehead atoms. The molecule has 2 N–H and O–H groups in total. The highest BCUT2D eigenvalue weighted by atomic mass is 32.1. The van der Waals surface area contributed by atoms with E-state index in [2.05, 4.69) is 4.98 Å². The molecular weight excluding hydrogens is 253 g/mol. The summed E-state index contributed by atoms with van der Waals surface area (Å²) in [6.07, 6.45) is 1.03. The summed E-state index contributed by atoms with van der Waals surface area (Å²) in [5, 5.41) is 0. The van der Waals surface area contributed by atoms with Crippen molar-refractivity contribution >= 4 is 23.1 Å². The van der Waals surface area contributed by atoms with Gasteiger partial charge in [0, 0.05) is 19.0 Å². The van der Waals surface area contributed by atoms with Crippen molar-refractivity contribution in [2.45, 2.75) is 13.8 Å². The first-order chi connectivity index (χ1) is 8.45. The summed E-state index contributed by atoms with van der Waals surface area (Å²) in [4.78, 5) is 17.8. The van der Waals surface area contributed by atoms with E-state index in [1.54, 1.807) is 4.90 Å². The Bertz CT molecular complexity index is 435. The van der Waals surface area contributed by atoms with Crippen LogP contribution in [0.1, 0.15) is 24.3 Å². The number of carbonyl (C=O) groups is 1. The van der Waals surface area contributed by atoms with Gasteiger partial charge in [0.2, 0.25) is 0 Å². The second kappa shape index (κ2) is 6.39. The van der Waals surface area contributed by atoms with Crippen molar-refractivity contribution < 1.29 is 9.18 Å². The lowest BCUT2D eigenvalue weighted by Gasteiger charge is -2.23. The van der Waals surface area contributed by atoms with Crippen molar-refractivity contribution in [1.82, 2.24) is 9.88 Å². The molecule has 0 radical (unpaired) electrons. The number of thiocarbonyl (C=S) groups is 1. The van der Waals surface area contributed by atoms with Crippen LogP contribution in [0.4, 0.5) is 4.39 Å². The van der Waals surface area contributed by atoms with Crippen molar-refractivity contribution in [1.29, 1.82) is 0 Å². The van der Waals surface area contributed by atoms with Crippen molar-refractivity contribution in [3.05, 3.63) is 29.8 Å². The largest absolute Gasteiger partial charge is 0.393 e. The highest BCUT2D eigenvalue weighted by Crippen LogP contribution is 2.07. The second-order valence-corrected chi connectivity index (χ2v) is 4.48. The van der Waals surface area contributed by atoms with Gasteiger partial charge < -0.3 is 10.6 Å². The van der Waals surface area contributed by atoms with Gasteiger partial charge in [0.1, 0.15) is 11.5 Å². The van der Waals surface area contributed by atoms with Crippen molar-refractivity contribution in [2.24, 2.45) is 11.7 Å². The number of nitrogens with two attached hydrogens (primary N) is 1. The average molecular weight is 269 g/mol.